The number of carbonyl (C=O) groups is 1. The molecular weight excluding hydrogens is 280 g/mol. The van der Waals surface area contributed by atoms with Gasteiger partial charge < -0.3 is 15.5 Å². The predicted octanol–water partition coefficient (Wildman–Crippen LogP) is 2.42. The van der Waals surface area contributed by atoms with Crippen LogP contribution in [0.2, 0.25) is 0 Å². The predicted molar refractivity (Wildman–Crippen MR) is 83.9 cm³/mol. The van der Waals surface area contributed by atoms with Crippen molar-refractivity contribution >= 4 is 5.91 Å². The summed E-state index contributed by atoms with van der Waals surface area (Å²) >= 11 is 0. The lowest BCUT2D eigenvalue weighted by atomic mass is 10.0. The summed E-state index contributed by atoms with van der Waals surface area (Å²) in [6.07, 6.45) is -0.160. The lowest BCUT2D eigenvalue weighted by Gasteiger charge is -2.16. The van der Waals surface area contributed by atoms with E-state index in [-0.39, 0.29) is 18.5 Å². The third kappa shape index (κ3) is 5.23. The molecule has 1 aromatic carbocycles. The molecule has 0 radical (unpaired) electrons. The number of aliphatic hydroxyl groups is 2. The molecule has 5 nitrogen and oxygen atoms in total. The molecule has 0 atom stereocenters. The van der Waals surface area contributed by atoms with Crippen LogP contribution in [0.3, 0.4) is 0 Å². The van der Waals surface area contributed by atoms with Crippen LogP contribution in [0.4, 0.5) is 0 Å². The van der Waals surface area contributed by atoms with Crippen molar-refractivity contribution in [3.63, 3.8) is 0 Å². The van der Waals surface area contributed by atoms with Gasteiger partial charge in [-0.15, -0.1) is 0 Å². The minimum Gasteiger partial charge on any atom is -0.511 e. The smallest absolute Gasteiger partial charge is 0.265 e. The van der Waals surface area contributed by atoms with Crippen LogP contribution in [0.25, 0.3) is 0 Å². The van der Waals surface area contributed by atoms with E-state index in [9.17, 15) is 15.0 Å². The number of nitrogens with one attached hydrogen (secondary N) is 1. The Labute approximate surface area is 130 Å². The summed E-state index contributed by atoms with van der Waals surface area (Å²) in [4.78, 5) is 12.0. The molecule has 0 heterocycles. The fourth-order valence-electron chi connectivity index (χ4n) is 1.93. The summed E-state index contributed by atoms with van der Waals surface area (Å²) in [6, 6.07) is 7.51. The highest BCUT2D eigenvalue weighted by molar-refractivity contribution is 5.97. The molecule has 0 aliphatic heterocycles. The Bertz CT molecular complexity index is 634. The zero-order valence-corrected chi connectivity index (χ0v) is 13.4. The van der Waals surface area contributed by atoms with Crippen molar-refractivity contribution in [3.8, 4) is 6.07 Å². The maximum absolute atomic E-state index is 12.0. The highest BCUT2D eigenvalue weighted by atomic mass is 16.3. The van der Waals surface area contributed by atoms with Gasteiger partial charge in [0.2, 0.25) is 0 Å². The molecule has 1 rings (SSSR count). The van der Waals surface area contributed by atoms with Crippen LogP contribution in [-0.4, -0.2) is 21.7 Å². The molecule has 0 spiro atoms. The summed E-state index contributed by atoms with van der Waals surface area (Å²) < 4.78 is 0. The van der Waals surface area contributed by atoms with Gasteiger partial charge in [-0.05, 0) is 44.4 Å². The first-order chi connectivity index (χ1) is 10.1. The molecule has 1 amide bonds. The van der Waals surface area contributed by atoms with E-state index in [1.807, 2.05) is 32.0 Å². The van der Waals surface area contributed by atoms with Gasteiger partial charge in [0.25, 0.3) is 5.91 Å². The Morgan fingerprint density at radius 2 is 1.95 bits per heavy atom. The third-order valence-electron chi connectivity index (χ3n) is 3.25. The number of carbonyl (C=O) groups excluding carboxylic acids is 1. The van der Waals surface area contributed by atoms with Gasteiger partial charge in [-0.1, -0.05) is 18.2 Å². The molecule has 0 aromatic heterocycles. The second-order valence-electron chi connectivity index (χ2n) is 6.02. The number of benzene rings is 1. The van der Waals surface area contributed by atoms with E-state index in [0.717, 1.165) is 16.7 Å². The number of amides is 1. The molecule has 5 heteroatoms. The van der Waals surface area contributed by atoms with Gasteiger partial charge in [0.1, 0.15) is 11.8 Å². The van der Waals surface area contributed by atoms with Crippen molar-refractivity contribution in [1.29, 1.82) is 5.26 Å². The highest BCUT2D eigenvalue weighted by Gasteiger charge is 2.21. The minimum absolute atomic E-state index is 0.160. The summed E-state index contributed by atoms with van der Waals surface area (Å²) in [5, 5.41) is 31.1. The average molecular weight is 302 g/mol. The largest absolute Gasteiger partial charge is 0.511 e. The lowest BCUT2D eigenvalue weighted by Crippen LogP contribution is -2.27. The van der Waals surface area contributed by atoms with Gasteiger partial charge in [0.15, 0.2) is 5.57 Å². The Balaban J connectivity index is 2.80. The van der Waals surface area contributed by atoms with E-state index < -0.39 is 17.3 Å². The van der Waals surface area contributed by atoms with Gasteiger partial charge in [-0.25, -0.2) is 0 Å². The fourth-order valence-corrected chi connectivity index (χ4v) is 1.93. The SMILES string of the molecule is Cc1ccc(CNC(=O)/C(C#N)=C(\O)CC(C)(C)O)cc1C. The van der Waals surface area contributed by atoms with Crippen molar-refractivity contribution in [3.05, 3.63) is 46.2 Å². The second-order valence-corrected chi connectivity index (χ2v) is 6.02. The summed E-state index contributed by atoms with van der Waals surface area (Å²) in [7, 11) is 0. The van der Waals surface area contributed by atoms with Gasteiger partial charge in [-0.2, -0.15) is 5.26 Å². The van der Waals surface area contributed by atoms with Crippen LogP contribution in [0, 0.1) is 25.2 Å². The maximum Gasteiger partial charge on any atom is 0.265 e. The lowest BCUT2D eigenvalue weighted by molar-refractivity contribution is -0.117. The first-order valence-electron chi connectivity index (χ1n) is 7.03. The van der Waals surface area contributed by atoms with E-state index >= 15 is 0 Å². The molecule has 0 fully saturated rings. The van der Waals surface area contributed by atoms with Crippen molar-refractivity contribution < 1.29 is 15.0 Å². The molecule has 1 aromatic rings. The number of hydrogen-bond acceptors (Lipinski definition) is 4. The third-order valence-corrected chi connectivity index (χ3v) is 3.25. The monoisotopic (exact) mass is 302 g/mol. The van der Waals surface area contributed by atoms with E-state index in [2.05, 4.69) is 5.32 Å². The molecule has 0 aliphatic rings. The summed E-state index contributed by atoms with van der Waals surface area (Å²) in [5.41, 5.74) is 1.63. The van der Waals surface area contributed by atoms with Crippen molar-refractivity contribution in [2.24, 2.45) is 0 Å². The Hall–Kier alpha value is -2.32. The van der Waals surface area contributed by atoms with Crippen molar-refractivity contribution in [1.82, 2.24) is 5.32 Å². The van der Waals surface area contributed by atoms with Gasteiger partial charge >= 0.3 is 0 Å². The van der Waals surface area contributed by atoms with Gasteiger partial charge in [-0.3, -0.25) is 4.79 Å². The van der Waals surface area contributed by atoms with E-state index in [1.54, 1.807) is 6.07 Å². The van der Waals surface area contributed by atoms with Crippen LogP contribution in [-0.2, 0) is 11.3 Å². The number of aliphatic hydroxyl groups excluding tert-OH is 1. The molecule has 0 aliphatic carbocycles. The Morgan fingerprint density at radius 1 is 1.32 bits per heavy atom. The number of nitrogens with zero attached hydrogens (tertiary/aromatic N) is 1. The normalized spacial score (nSPS) is 12.4. The molecule has 0 saturated heterocycles. The Morgan fingerprint density at radius 3 is 2.45 bits per heavy atom. The van der Waals surface area contributed by atoms with Crippen molar-refractivity contribution in [2.45, 2.75) is 46.3 Å². The number of hydrogen-bond donors (Lipinski definition) is 3. The molecular formula is C17H22N2O3. The maximum atomic E-state index is 12.0. The highest BCUT2D eigenvalue weighted by Crippen LogP contribution is 2.16. The minimum atomic E-state index is -1.19. The van der Waals surface area contributed by atoms with Crippen LogP contribution < -0.4 is 5.32 Å². The first kappa shape index (κ1) is 17.7. The quantitative estimate of drug-likeness (QED) is 0.442. The van der Waals surface area contributed by atoms with Crippen LogP contribution in [0.15, 0.2) is 29.5 Å². The number of nitriles is 1. The van der Waals surface area contributed by atoms with Crippen LogP contribution >= 0.6 is 0 Å². The molecule has 0 unspecified atom stereocenters. The molecule has 3 N–H and O–H groups in total. The van der Waals surface area contributed by atoms with Gasteiger partial charge in [0, 0.05) is 13.0 Å². The van der Waals surface area contributed by atoms with Crippen LogP contribution in [0.1, 0.15) is 37.0 Å². The number of rotatable bonds is 5. The van der Waals surface area contributed by atoms with Crippen LogP contribution in [0.5, 0.6) is 0 Å². The summed E-state index contributed by atoms with van der Waals surface area (Å²) in [6.45, 7) is 7.23. The number of aryl methyl sites for hydroxylation is 2. The van der Waals surface area contributed by atoms with E-state index in [4.69, 9.17) is 5.26 Å². The van der Waals surface area contributed by atoms with Crippen molar-refractivity contribution in [2.75, 3.05) is 0 Å². The van der Waals surface area contributed by atoms with E-state index in [0.29, 0.717) is 0 Å². The first-order valence-corrected chi connectivity index (χ1v) is 7.03. The average Bonchev–Trinajstić information content (AvgIpc) is 2.39. The zero-order valence-electron chi connectivity index (χ0n) is 13.4. The molecule has 0 bridgehead atoms. The standard InChI is InChI=1S/C17H22N2O3/c1-11-5-6-13(7-12(11)2)10-19-16(21)14(9-18)15(20)8-17(3,4)22/h5-7,20,22H,8,10H2,1-4H3,(H,19,21)/b15-14-. The molecule has 118 valence electrons. The van der Waals surface area contributed by atoms with Gasteiger partial charge in [0.05, 0.1) is 5.60 Å². The molecule has 22 heavy (non-hydrogen) atoms. The molecule has 0 saturated carbocycles. The summed E-state index contributed by atoms with van der Waals surface area (Å²) in [5.74, 6) is -1.06. The zero-order chi connectivity index (χ0) is 16.9. The fraction of sp³-hybridized carbons (Fsp3) is 0.412. The van der Waals surface area contributed by atoms with E-state index in [1.165, 1.54) is 13.8 Å². The second kappa shape index (κ2) is 7.10. The Kier molecular flexibility index (Phi) is 5.72. The topological polar surface area (TPSA) is 93.4 Å².